The van der Waals surface area contributed by atoms with Crippen LogP contribution in [0.1, 0.15) is 96.8 Å². The molecule has 1 amide bonds. The lowest BCUT2D eigenvalue weighted by Gasteiger charge is -2.07. The van der Waals surface area contributed by atoms with Gasteiger partial charge in [0.25, 0.3) is 0 Å². The average molecular weight is 378 g/mol. The van der Waals surface area contributed by atoms with Gasteiger partial charge in [-0.2, -0.15) is 5.48 Å². The minimum atomic E-state index is -0.577. The Hall–Kier alpha value is -1.55. The maximum atomic E-state index is 11.5. The third-order valence-corrected chi connectivity index (χ3v) is 4.71. The molecule has 0 unspecified atom stereocenters. The molecule has 1 N–H and O–H groups in total. The van der Waals surface area contributed by atoms with Crippen molar-refractivity contribution in [3.05, 3.63) is 30.3 Å². The Balaban J connectivity index is 1.76. The van der Waals surface area contributed by atoms with Gasteiger partial charge in [0.15, 0.2) is 0 Å². The highest BCUT2D eigenvalue weighted by Gasteiger charge is 2.03. The number of nitrogens with one attached hydrogen (secondary N) is 1. The van der Waals surface area contributed by atoms with Gasteiger partial charge < -0.3 is 4.74 Å². The Kier molecular flexibility index (Phi) is 15.5. The maximum Gasteiger partial charge on any atom is 0.436 e. The van der Waals surface area contributed by atoms with Crippen LogP contribution in [0, 0.1) is 0 Å². The highest BCUT2D eigenvalue weighted by atomic mass is 16.7. The zero-order valence-electron chi connectivity index (χ0n) is 17.2. The molecule has 154 valence electrons. The number of hydrogen-bond acceptors (Lipinski definition) is 3. The van der Waals surface area contributed by atoms with E-state index in [1.807, 2.05) is 18.2 Å². The molecule has 0 spiro atoms. The van der Waals surface area contributed by atoms with Gasteiger partial charge in [0.1, 0.15) is 5.75 Å². The number of unbranched alkanes of at least 4 members (excludes halogenated alkanes) is 13. The topological polar surface area (TPSA) is 47.6 Å². The third-order valence-electron chi connectivity index (χ3n) is 4.71. The van der Waals surface area contributed by atoms with E-state index in [9.17, 15) is 4.79 Å². The van der Waals surface area contributed by atoms with Crippen LogP contribution in [0.2, 0.25) is 0 Å². The molecule has 0 radical (unpaired) electrons. The number of carbonyl (C=O) groups is 1. The van der Waals surface area contributed by atoms with E-state index in [-0.39, 0.29) is 0 Å². The third kappa shape index (κ3) is 15.2. The molecule has 0 aromatic heterocycles. The van der Waals surface area contributed by atoms with E-state index in [4.69, 9.17) is 9.57 Å². The van der Waals surface area contributed by atoms with Gasteiger partial charge in [0.05, 0.1) is 6.61 Å². The van der Waals surface area contributed by atoms with Crippen molar-refractivity contribution in [2.75, 3.05) is 6.61 Å². The second-order valence-electron chi connectivity index (χ2n) is 7.25. The summed E-state index contributed by atoms with van der Waals surface area (Å²) in [7, 11) is 0. The van der Waals surface area contributed by atoms with Crippen LogP contribution in [0.3, 0.4) is 0 Å². The normalized spacial score (nSPS) is 10.7. The van der Waals surface area contributed by atoms with E-state index >= 15 is 0 Å². The molecule has 0 bridgehead atoms. The van der Waals surface area contributed by atoms with Gasteiger partial charge in [-0.15, -0.1) is 0 Å². The summed E-state index contributed by atoms with van der Waals surface area (Å²) in [6.07, 6.45) is 18.0. The van der Waals surface area contributed by atoms with E-state index in [0.29, 0.717) is 12.4 Å². The fourth-order valence-corrected chi connectivity index (χ4v) is 3.10. The molecule has 0 saturated carbocycles. The Morgan fingerprint density at radius 3 is 1.74 bits per heavy atom. The quantitative estimate of drug-likeness (QED) is 0.231. The number of hydroxylamine groups is 1. The van der Waals surface area contributed by atoms with Gasteiger partial charge in [-0.05, 0) is 18.6 Å². The smallest absolute Gasteiger partial charge is 0.409 e. The van der Waals surface area contributed by atoms with Crippen molar-refractivity contribution in [2.24, 2.45) is 0 Å². The average Bonchev–Trinajstić information content (AvgIpc) is 2.68. The molecular formula is C23H39NO3. The van der Waals surface area contributed by atoms with Crippen LogP contribution in [-0.2, 0) is 4.84 Å². The molecule has 1 rings (SSSR count). The van der Waals surface area contributed by atoms with Gasteiger partial charge in [-0.3, -0.25) is 4.84 Å². The Morgan fingerprint density at radius 2 is 1.22 bits per heavy atom. The molecule has 4 nitrogen and oxygen atoms in total. The van der Waals surface area contributed by atoms with Crippen molar-refractivity contribution in [1.29, 1.82) is 0 Å². The van der Waals surface area contributed by atoms with Gasteiger partial charge in [0.2, 0.25) is 0 Å². The Labute approximate surface area is 166 Å². The van der Waals surface area contributed by atoms with Crippen molar-refractivity contribution < 1.29 is 14.4 Å². The molecule has 0 heterocycles. The van der Waals surface area contributed by atoms with E-state index in [1.54, 1.807) is 12.1 Å². The summed E-state index contributed by atoms with van der Waals surface area (Å²) in [4.78, 5) is 16.7. The van der Waals surface area contributed by atoms with Crippen LogP contribution in [0.25, 0.3) is 0 Å². The number of benzene rings is 1. The molecule has 0 saturated heterocycles. The second kappa shape index (κ2) is 17.8. The number of hydrogen-bond donors (Lipinski definition) is 1. The van der Waals surface area contributed by atoms with Crippen molar-refractivity contribution in [1.82, 2.24) is 5.48 Å². The van der Waals surface area contributed by atoms with Gasteiger partial charge >= 0.3 is 6.09 Å². The first-order chi connectivity index (χ1) is 13.3. The molecule has 0 aliphatic rings. The summed E-state index contributed by atoms with van der Waals surface area (Å²) < 4.78 is 5.06. The lowest BCUT2D eigenvalue weighted by molar-refractivity contribution is 0.0431. The number of amides is 1. The van der Waals surface area contributed by atoms with Gasteiger partial charge in [-0.25, -0.2) is 4.79 Å². The molecule has 1 aromatic rings. The first-order valence-corrected chi connectivity index (χ1v) is 11.0. The van der Waals surface area contributed by atoms with Crippen LogP contribution in [0.15, 0.2) is 30.3 Å². The first-order valence-electron chi connectivity index (χ1n) is 11.0. The predicted octanol–water partition coefficient (Wildman–Crippen LogP) is 7.19. The Morgan fingerprint density at radius 1 is 0.741 bits per heavy atom. The summed E-state index contributed by atoms with van der Waals surface area (Å²) in [6, 6.07) is 8.97. The minimum absolute atomic E-state index is 0.509. The van der Waals surface area contributed by atoms with Crippen LogP contribution < -0.4 is 10.2 Å². The second-order valence-corrected chi connectivity index (χ2v) is 7.25. The molecule has 0 fully saturated rings. The molecule has 4 heteroatoms. The summed E-state index contributed by atoms with van der Waals surface area (Å²) in [5.74, 6) is 0.509. The molecule has 27 heavy (non-hydrogen) atoms. The summed E-state index contributed by atoms with van der Waals surface area (Å²) in [5.41, 5.74) is 2.32. The summed E-state index contributed by atoms with van der Waals surface area (Å²) in [6.45, 7) is 2.80. The highest BCUT2D eigenvalue weighted by molar-refractivity contribution is 5.68. The van der Waals surface area contributed by atoms with E-state index in [2.05, 4.69) is 12.4 Å². The van der Waals surface area contributed by atoms with Crippen molar-refractivity contribution in [3.63, 3.8) is 0 Å². The van der Waals surface area contributed by atoms with Crippen LogP contribution in [0.4, 0.5) is 4.79 Å². The number of rotatable bonds is 17. The molecule has 1 aromatic carbocycles. The summed E-state index contributed by atoms with van der Waals surface area (Å²) in [5, 5.41) is 0. The monoisotopic (exact) mass is 377 g/mol. The largest absolute Gasteiger partial charge is 0.436 e. The van der Waals surface area contributed by atoms with Gasteiger partial charge in [-0.1, -0.05) is 109 Å². The Bertz CT molecular complexity index is 450. The van der Waals surface area contributed by atoms with Crippen molar-refractivity contribution in [3.8, 4) is 5.75 Å². The zero-order valence-corrected chi connectivity index (χ0v) is 17.2. The van der Waals surface area contributed by atoms with Crippen molar-refractivity contribution >= 4 is 6.09 Å². The minimum Gasteiger partial charge on any atom is -0.409 e. The van der Waals surface area contributed by atoms with E-state index < -0.39 is 6.09 Å². The zero-order chi connectivity index (χ0) is 19.4. The van der Waals surface area contributed by atoms with Crippen LogP contribution in [-0.4, -0.2) is 12.7 Å². The number of carbonyl (C=O) groups excluding carboxylic acids is 1. The first kappa shape index (κ1) is 23.5. The molecule has 0 aliphatic carbocycles. The predicted molar refractivity (Wildman–Crippen MR) is 112 cm³/mol. The molecule has 0 aliphatic heterocycles. The fraction of sp³-hybridized carbons (Fsp3) is 0.696. The number of ether oxygens (including phenoxy) is 1. The van der Waals surface area contributed by atoms with Crippen molar-refractivity contribution in [2.45, 2.75) is 96.8 Å². The van der Waals surface area contributed by atoms with Crippen LogP contribution >= 0.6 is 0 Å². The lowest BCUT2D eigenvalue weighted by atomic mass is 10.0. The standard InChI is InChI=1S/C23H39NO3/c1-2-3-4-5-6-7-8-9-10-11-12-13-14-18-21-26-24-23(25)27-22-19-16-15-17-20-22/h15-17,19-20H,2-14,18,21H2,1H3,(H,24,25). The summed E-state index contributed by atoms with van der Waals surface area (Å²) >= 11 is 0. The maximum absolute atomic E-state index is 11.5. The fourth-order valence-electron chi connectivity index (χ4n) is 3.10. The van der Waals surface area contributed by atoms with E-state index in [1.165, 1.54) is 77.0 Å². The lowest BCUT2D eigenvalue weighted by Crippen LogP contribution is -2.27. The van der Waals surface area contributed by atoms with Gasteiger partial charge in [0, 0.05) is 0 Å². The molecular weight excluding hydrogens is 338 g/mol. The van der Waals surface area contributed by atoms with E-state index in [0.717, 1.165) is 12.8 Å². The highest BCUT2D eigenvalue weighted by Crippen LogP contribution is 2.13. The van der Waals surface area contributed by atoms with Crippen LogP contribution in [0.5, 0.6) is 5.75 Å². The molecule has 0 atom stereocenters. The number of para-hydroxylation sites is 1. The SMILES string of the molecule is CCCCCCCCCCCCCCCCONC(=O)Oc1ccccc1.